The molecule has 0 saturated carbocycles. The topological polar surface area (TPSA) is 89.8 Å². The molecule has 0 unspecified atom stereocenters. The van der Waals surface area contributed by atoms with E-state index in [1.165, 1.54) is 0 Å². The molecule has 3 rings (SSSR count). The highest BCUT2D eigenvalue weighted by atomic mass is 19.4. The van der Waals surface area contributed by atoms with Crippen LogP contribution in [0.25, 0.3) is 16.6 Å². The van der Waals surface area contributed by atoms with Crippen LogP contribution >= 0.6 is 0 Å². The maximum absolute atomic E-state index is 13.3. The molecule has 1 heterocycles. The highest BCUT2D eigenvalue weighted by Crippen LogP contribution is 2.31. The smallest absolute Gasteiger partial charge is 0.381 e. The predicted molar refractivity (Wildman–Crippen MR) is 124 cm³/mol. The summed E-state index contributed by atoms with van der Waals surface area (Å²) in [5.41, 5.74) is 1.74. The lowest BCUT2D eigenvalue weighted by Gasteiger charge is -2.17. The van der Waals surface area contributed by atoms with E-state index in [0.717, 1.165) is 11.6 Å². The summed E-state index contributed by atoms with van der Waals surface area (Å²) in [5.74, 6) is -0.452. The Kier molecular flexibility index (Phi) is 7.53. The minimum Gasteiger partial charge on any atom is -0.381 e. The first-order valence-electron chi connectivity index (χ1n) is 10.3. The molecule has 3 N–H and O–H groups in total. The van der Waals surface area contributed by atoms with Gasteiger partial charge in [0.2, 0.25) is 0 Å². The van der Waals surface area contributed by atoms with Gasteiger partial charge in [0.15, 0.2) is 0 Å². The lowest BCUT2D eigenvalue weighted by Crippen LogP contribution is -2.31. The Morgan fingerprint density at radius 3 is 2.38 bits per heavy atom. The van der Waals surface area contributed by atoms with Crippen molar-refractivity contribution in [3.63, 3.8) is 0 Å². The number of halogens is 3. The number of hydrogen-bond acceptors (Lipinski definition) is 5. The molecule has 0 aliphatic heterocycles. The number of aromatic nitrogens is 1. The Balaban J connectivity index is 1.75. The van der Waals surface area contributed by atoms with E-state index < -0.39 is 17.8 Å². The fraction of sp³-hybridized carbons (Fsp3) is 0.160. The van der Waals surface area contributed by atoms with Crippen LogP contribution < -0.4 is 16.0 Å². The largest absolute Gasteiger partial charge is 0.433 e. The molecular weight excluding hydrogens is 443 g/mol. The number of hydrogen-bond donors (Lipinski definition) is 3. The van der Waals surface area contributed by atoms with Crippen LogP contribution in [0.4, 0.5) is 13.2 Å². The lowest BCUT2D eigenvalue weighted by molar-refractivity contribution is -0.141. The average Bonchev–Trinajstić information content (AvgIpc) is 2.83. The Bertz CT molecular complexity index is 1280. The van der Waals surface area contributed by atoms with E-state index in [1.54, 1.807) is 48.5 Å². The Morgan fingerprint density at radius 2 is 1.65 bits per heavy atom. The van der Waals surface area contributed by atoms with Gasteiger partial charge in [0.05, 0.1) is 17.3 Å². The van der Waals surface area contributed by atoms with Crippen LogP contribution in [0.3, 0.4) is 0 Å². The van der Waals surface area contributed by atoms with Crippen molar-refractivity contribution in [3.8, 4) is 6.07 Å². The molecule has 0 radical (unpaired) electrons. The van der Waals surface area contributed by atoms with Gasteiger partial charge in [-0.1, -0.05) is 55.6 Å². The second-order valence-corrected chi connectivity index (χ2v) is 7.34. The first-order valence-corrected chi connectivity index (χ1v) is 10.3. The monoisotopic (exact) mass is 465 g/mol. The molecule has 3 aromatic rings. The van der Waals surface area contributed by atoms with Gasteiger partial charge in [0.1, 0.15) is 12.2 Å². The summed E-state index contributed by atoms with van der Waals surface area (Å²) in [6.45, 7) is 7.84. The number of nitrogens with one attached hydrogen (secondary N) is 3. The third-order valence-corrected chi connectivity index (χ3v) is 5.02. The minimum absolute atomic E-state index is 0.0384. The zero-order chi connectivity index (χ0) is 24.7. The van der Waals surface area contributed by atoms with E-state index in [9.17, 15) is 18.0 Å². The number of carbonyl (C=O) groups is 1. The molecule has 1 aromatic heterocycles. The van der Waals surface area contributed by atoms with Gasteiger partial charge in [0.25, 0.3) is 5.91 Å². The summed E-state index contributed by atoms with van der Waals surface area (Å²) in [6, 6.07) is 16.7. The normalized spacial score (nSPS) is 10.9. The van der Waals surface area contributed by atoms with Gasteiger partial charge >= 0.3 is 6.18 Å². The number of nitrogens with zero attached hydrogens (tertiary/aromatic N) is 2. The number of fused-ring (bicyclic) bond motifs is 1. The van der Waals surface area contributed by atoms with Crippen molar-refractivity contribution in [3.05, 3.63) is 95.8 Å². The number of carbonyl (C=O) groups excluding carboxylic acids is 1. The maximum atomic E-state index is 13.3. The number of alkyl halides is 3. The molecular formula is C25H22F3N5O. The van der Waals surface area contributed by atoms with Crippen molar-refractivity contribution in [1.29, 1.82) is 5.26 Å². The molecule has 9 heteroatoms. The van der Waals surface area contributed by atoms with Crippen LogP contribution in [-0.4, -0.2) is 17.4 Å². The molecule has 34 heavy (non-hydrogen) atoms. The molecule has 0 aliphatic rings. The third kappa shape index (κ3) is 5.92. The Hall–Kier alpha value is -4.32. The van der Waals surface area contributed by atoms with E-state index in [0.29, 0.717) is 22.2 Å². The quantitative estimate of drug-likeness (QED) is 0.325. The predicted octanol–water partition coefficient (Wildman–Crippen LogP) is 4.26. The van der Waals surface area contributed by atoms with Crippen LogP contribution in [0.1, 0.15) is 22.4 Å². The van der Waals surface area contributed by atoms with Gasteiger partial charge in [0, 0.05) is 29.7 Å². The van der Waals surface area contributed by atoms with Crippen molar-refractivity contribution < 1.29 is 18.0 Å². The zero-order valence-electron chi connectivity index (χ0n) is 18.2. The molecule has 6 nitrogen and oxygen atoms in total. The van der Waals surface area contributed by atoms with Crippen molar-refractivity contribution in [2.24, 2.45) is 0 Å². The molecule has 2 aromatic carbocycles. The highest BCUT2D eigenvalue weighted by Gasteiger charge is 2.33. The van der Waals surface area contributed by atoms with Crippen molar-refractivity contribution in [2.45, 2.75) is 19.3 Å². The van der Waals surface area contributed by atoms with E-state index in [1.807, 2.05) is 6.07 Å². The van der Waals surface area contributed by atoms with Crippen LogP contribution in [0.2, 0.25) is 0 Å². The van der Waals surface area contributed by atoms with Gasteiger partial charge in [-0.15, -0.1) is 0 Å². The molecule has 0 spiro atoms. The second kappa shape index (κ2) is 10.5. The Morgan fingerprint density at radius 1 is 0.971 bits per heavy atom. The SMILES string of the molecule is C=C(NCC#N)C(=O)NCc1ccccc1C(=C)NCc1cc(C(F)(F)F)nc2ccccc12. The number of para-hydroxylation sites is 1. The number of benzene rings is 2. The fourth-order valence-electron chi connectivity index (χ4n) is 3.31. The highest BCUT2D eigenvalue weighted by molar-refractivity contribution is 5.92. The van der Waals surface area contributed by atoms with Gasteiger partial charge in [-0.2, -0.15) is 18.4 Å². The van der Waals surface area contributed by atoms with E-state index >= 15 is 0 Å². The van der Waals surface area contributed by atoms with E-state index in [4.69, 9.17) is 5.26 Å². The number of nitriles is 1. The summed E-state index contributed by atoms with van der Waals surface area (Å²) in [4.78, 5) is 15.9. The van der Waals surface area contributed by atoms with Crippen LogP contribution in [0, 0.1) is 11.3 Å². The molecule has 174 valence electrons. The molecule has 0 aliphatic carbocycles. The molecule has 0 fully saturated rings. The summed E-state index contributed by atoms with van der Waals surface area (Å²) in [7, 11) is 0. The minimum atomic E-state index is -4.56. The number of rotatable bonds is 9. The molecule has 0 saturated heterocycles. The molecule has 0 bridgehead atoms. The summed E-state index contributed by atoms with van der Waals surface area (Å²) in [6.07, 6.45) is -4.56. The van der Waals surface area contributed by atoms with Crippen LogP contribution in [0.5, 0.6) is 0 Å². The van der Waals surface area contributed by atoms with Gasteiger partial charge in [-0.25, -0.2) is 4.98 Å². The standard InChI is InChI=1S/C25H22F3N5O/c1-16(20-8-4-3-7-18(20)14-32-24(34)17(2)30-12-11-29)31-15-19-13-23(25(26,27)28)33-22-10-6-5-9-21(19)22/h3-10,13,30-31H,1-2,12,14-15H2,(H,32,34). The van der Waals surface area contributed by atoms with Gasteiger partial charge < -0.3 is 16.0 Å². The molecule has 1 amide bonds. The van der Waals surface area contributed by atoms with Gasteiger partial charge in [-0.3, -0.25) is 4.79 Å². The molecule has 0 atom stereocenters. The number of pyridine rings is 1. The summed E-state index contributed by atoms with van der Waals surface area (Å²) >= 11 is 0. The first-order chi connectivity index (χ1) is 16.2. The maximum Gasteiger partial charge on any atom is 0.433 e. The fourth-order valence-corrected chi connectivity index (χ4v) is 3.31. The lowest BCUT2D eigenvalue weighted by atomic mass is 10.0. The second-order valence-electron chi connectivity index (χ2n) is 7.34. The first kappa shape index (κ1) is 24.3. The van der Waals surface area contributed by atoms with Gasteiger partial charge in [-0.05, 0) is 23.3 Å². The zero-order valence-corrected chi connectivity index (χ0v) is 18.2. The summed E-state index contributed by atoms with van der Waals surface area (Å²) in [5, 5.41) is 17.6. The van der Waals surface area contributed by atoms with Crippen LogP contribution in [-0.2, 0) is 24.1 Å². The third-order valence-electron chi connectivity index (χ3n) is 5.02. The van der Waals surface area contributed by atoms with E-state index in [-0.39, 0.29) is 30.8 Å². The van der Waals surface area contributed by atoms with Crippen molar-refractivity contribution in [2.75, 3.05) is 6.54 Å². The summed E-state index contributed by atoms with van der Waals surface area (Å²) < 4.78 is 40.0. The average molecular weight is 465 g/mol. The van der Waals surface area contributed by atoms with Crippen molar-refractivity contribution in [1.82, 2.24) is 20.9 Å². The van der Waals surface area contributed by atoms with E-state index in [2.05, 4.69) is 34.1 Å². The Labute approximate surface area is 194 Å². The number of amides is 1. The van der Waals surface area contributed by atoms with Crippen LogP contribution in [0.15, 0.2) is 73.5 Å². The van der Waals surface area contributed by atoms with Crippen molar-refractivity contribution >= 4 is 22.5 Å².